The Morgan fingerprint density at radius 2 is 2.20 bits per heavy atom. The van der Waals surface area contributed by atoms with Crippen molar-refractivity contribution in [3.63, 3.8) is 0 Å². The molecule has 3 nitrogen and oxygen atoms in total. The first-order valence-corrected chi connectivity index (χ1v) is 3.62. The highest BCUT2D eigenvalue weighted by molar-refractivity contribution is 5.73. The van der Waals surface area contributed by atoms with Crippen LogP contribution in [0.3, 0.4) is 0 Å². The summed E-state index contributed by atoms with van der Waals surface area (Å²) in [6, 6.07) is 0.376. The van der Waals surface area contributed by atoms with Gasteiger partial charge in [-0.25, -0.2) is 10.1 Å². The maximum atomic E-state index is 10.9. The normalized spacial score (nSPS) is 17.8. The largest absolute Gasteiger partial charge is 0.338 e. The van der Waals surface area contributed by atoms with E-state index in [0.29, 0.717) is 6.04 Å². The summed E-state index contributed by atoms with van der Waals surface area (Å²) in [7, 11) is 3.36. The minimum Gasteiger partial charge on any atom is -0.323 e. The summed E-state index contributed by atoms with van der Waals surface area (Å²) in [6.45, 7) is 0. The van der Waals surface area contributed by atoms with Crippen molar-refractivity contribution in [3.8, 4) is 0 Å². The highest BCUT2D eigenvalue weighted by atomic mass is 16.2. The molecular weight excluding hydrogens is 128 g/mol. The van der Waals surface area contributed by atoms with Crippen LogP contribution in [0.2, 0.25) is 0 Å². The van der Waals surface area contributed by atoms with E-state index in [-0.39, 0.29) is 6.03 Å². The Labute approximate surface area is 61.4 Å². The average Bonchev–Trinajstić information content (AvgIpc) is 1.82. The molecule has 2 amide bonds. The number of hydrogen-bond acceptors (Lipinski definition) is 1. The predicted octanol–water partition coefficient (Wildman–Crippen LogP) is 0.825. The fourth-order valence-corrected chi connectivity index (χ4v) is 1.09. The van der Waals surface area contributed by atoms with Crippen molar-refractivity contribution >= 4 is 6.03 Å². The molecule has 0 bridgehead atoms. The van der Waals surface area contributed by atoms with Crippen LogP contribution in [0.5, 0.6) is 0 Å². The second kappa shape index (κ2) is 2.90. The van der Waals surface area contributed by atoms with Crippen LogP contribution in [0, 0.1) is 0 Å². The summed E-state index contributed by atoms with van der Waals surface area (Å²) >= 11 is 0. The molecule has 0 spiro atoms. The van der Waals surface area contributed by atoms with Gasteiger partial charge in [0.1, 0.15) is 0 Å². The Kier molecular flexibility index (Phi) is 2.14. The van der Waals surface area contributed by atoms with Crippen molar-refractivity contribution < 1.29 is 4.79 Å². The summed E-state index contributed by atoms with van der Waals surface area (Å²) in [6.07, 6.45) is 3.56. The molecule has 1 saturated carbocycles. The third-order valence-corrected chi connectivity index (χ3v) is 2.12. The van der Waals surface area contributed by atoms with Crippen molar-refractivity contribution in [2.45, 2.75) is 25.3 Å². The lowest BCUT2D eigenvalue weighted by atomic mass is 9.92. The van der Waals surface area contributed by atoms with Gasteiger partial charge in [-0.15, -0.1) is 0 Å². The van der Waals surface area contributed by atoms with E-state index in [1.807, 2.05) is 7.05 Å². The van der Waals surface area contributed by atoms with Gasteiger partial charge in [-0.2, -0.15) is 0 Å². The van der Waals surface area contributed by atoms with Crippen LogP contribution in [-0.2, 0) is 0 Å². The first-order chi connectivity index (χ1) is 4.75. The predicted molar refractivity (Wildman–Crippen MR) is 38.9 cm³/mol. The van der Waals surface area contributed by atoms with Gasteiger partial charge in [-0.05, 0) is 19.3 Å². The molecule has 1 aliphatic carbocycles. The van der Waals surface area contributed by atoms with Crippen LogP contribution in [-0.4, -0.2) is 31.1 Å². The van der Waals surface area contributed by atoms with Crippen molar-refractivity contribution in [1.29, 1.82) is 0 Å². The SMILES string of the molecule is C[N]C(=O)N(C)C1CCC1. The van der Waals surface area contributed by atoms with E-state index >= 15 is 0 Å². The molecule has 10 heavy (non-hydrogen) atoms. The summed E-state index contributed by atoms with van der Waals surface area (Å²) in [5, 5.41) is 3.58. The lowest BCUT2D eigenvalue weighted by molar-refractivity contribution is 0.159. The molecule has 0 aromatic carbocycles. The summed E-state index contributed by atoms with van der Waals surface area (Å²) < 4.78 is 0. The van der Waals surface area contributed by atoms with E-state index < -0.39 is 0 Å². The van der Waals surface area contributed by atoms with Crippen LogP contribution in [0.25, 0.3) is 0 Å². The minimum absolute atomic E-state index is 0.0929. The maximum Gasteiger partial charge on any atom is 0.338 e. The Bertz CT molecular complexity index is 132. The molecule has 1 radical (unpaired) electrons. The Morgan fingerprint density at radius 1 is 1.60 bits per heavy atom. The van der Waals surface area contributed by atoms with E-state index in [9.17, 15) is 4.79 Å². The van der Waals surface area contributed by atoms with Crippen LogP contribution in [0.4, 0.5) is 4.79 Å². The molecule has 0 saturated heterocycles. The Hall–Kier alpha value is -0.730. The molecule has 0 heterocycles. The fraction of sp³-hybridized carbons (Fsp3) is 0.857. The van der Waals surface area contributed by atoms with Gasteiger partial charge in [0.15, 0.2) is 0 Å². The maximum absolute atomic E-state index is 10.9. The van der Waals surface area contributed by atoms with Crippen LogP contribution in [0.1, 0.15) is 19.3 Å². The Morgan fingerprint density at radius 3 is 2.50 bits per heavy atom. The quantitative estimate of drug-likeness (QED) is 0.532. The van der Waals surface area contributed by atoms with Gasteiger partial charge in [0.05, 0.1) is 0 Å². The minimum atomic E-state index is -0.0929. The molecule has 1 rings (SSSR count). The number of amides is 2. The zero-order valence-electron chi connectivity index (χ0n) is 6.50. The van der Waals surface area contributed by atoms with E-state index in [0.717, 1.165) is 12.8 Å². The second-order valence-corrected chi connectivity index (χ2v) is 2.70. The lowest BCUT2D eigenvalue weighted by Gasteiger charge is -2.33. The molecule has 1 fully saturated rings. The molecule has 0 aromatic heterocycles. The average molecular weight is 141 g/mol. The first kappa shape index (κ1) is 7.38. The smallest absolute Gasteiger partial charge is 0.323 e. The van der Waals surface area contributed by atoms with Gasteiger partial charge in [0.2, 0.25) is 0 Å². The number of rotatable bonds is 1. The van der Waals surface area contributed by atoms with Crippen LogP contribution in [0.15, 0.2) is 0 Å². The molecule has 0 aromatic rings. The molecule has 1 aliphatic rings. The highest BCUT2D eigenvalue weighted by Crippen LogP contribution is 2.23. The standard InChI is InChI=1S/C7H13N2O/c1-8-7(10)9(2)6-4-3-5-6/h6H,3-5H2,1-2H3. The molecule has 57 valence electrons. The van der Waals surface area contributed by atoms with E-state index in [4.69, 9.17) is 0 Å². The molecule has 0 aliphatic heterocycles. The van der Waals surface area contributed by atoms with Gasteiger partial charge < -0.3 is 4.90 Å². The lowest BCUT2D eigenvalue weighted by Crippen LogP contribution is -2.43. The zero-order chi connectivity index (χ0) is 7.56. The van der Waals surface area contributed by atoms with Gasteiger partial charge in [0, 0.05) is 20.1 Å². The van der Waals surface area contributed by atoms with E-state index in [1.165, 1.54) is 13.5 Å². The van der Waals surface area contributed by atoms with Crippen LogP contribution >= 0.6 is 0 Å². The van der Waals surface area contributed by atoms with Gasteiger partial charge in [0.25, 0.3) is 0 Å². The highest BCUT2D eigenvalue weighted by Gasteiger charge is 2.25. The Balaban J connectivity index is 2.31. The van der Waals surface area contributed by atoms with Gasteiger partial charge in [-0.3, -0.25) is 0 Å². The second-order valence-electron chi connectivity index (χ2n) is 2.70. The van der Waals surface area contributed by atoms with Gasteiger partial charge >= 0.3 is 6.03 Å². The molecular formula is C7H13N2O. The first-order valence-electron chi connectivity index (χ1n) is 3.62. The summed E-state index contributed by atoms with van der Waals surface area (Å²) in [4.78, 5) is 12.6. The van der Waals surface area contributed by atoms with E-state index in [1.54, 1.807) is 4.90 Å². The van der Waals surface area contributed by atoms with Crippen molar-refractivity contribution in [2.24, 2.45) is 0 Å². The van der Waals surface area contributed by atoms with E-state index in [2.05, 4.69) is 5.32 Å². The molecule has 0 atom stereocenters. The summed E-state index contributed by atoms with van der Waals surface area (Å²) in [5.74, 6) is 0. The molecule has 0 N–H and O–H groups in total. The third kappa shape index (κ3) is 1.23. The van der Waals surface area contributed by atoms with Crippen molar-refractivity contribution in [2.75, 3.05) is 14.1 Å². The molecule has 0 unspecified atom stereocenters. The number of carbonyl (C=O) groups excluding carboxylic acids is 1. The number of nitrogens with zero attached hydrogens (tertiary/aromatic N) is 2. The number of carbonyl (C=O) groups is 1. The summed E-state index contributed by atoms with van der Waals surface area (Å²) in [5.41, 5.74) is 0. The van der Waals surface area contributed by atoms with Crippen LogP contribution < -0.4 is 5.32 Å². The third-order valence-electron chi connectivity index (χ3n) is 2.12. The number of hydrogen-bond donors (Lipinski definition) is 0. The molecule has 3 heteroatoms. The fourth-order valence-electron chi connectivity index (χ4n) is 1.09. The van der Waals surface area contributed by atoms with Crippen molar-refractivity contribution in [3.05, 3.63) is 0 Å². The zero-order valence-corrected chi connectivity index (χ0v) is 6.50. The monoisotopic (exact) mass is 141 g/mol. The number of urea groups is 1. The topological polar surface area (TPSA) is 34.4 Å². The van der Waals surface area contributed by atoms with Gasteiger partial charge in [-0.1, -0.05) is 0 Å². The van der Waals surface area contributed by atoms with Crippen molar-refractivity contribution in [1.82, 2.24) is 10.2 Å².